The Morgan fingerprint density at radius 1 is 1.00 bits per heavy atom. The molecular formula is C19H19Cl2N3O5S. The third-order valence-corrected chi connectivity index (χ3v) is 7.11. The molecule has 0 aliphatic carbocycles. The van der Waals surface area contributed by atoms with Gasteiger partial charge in [0, 0.05) is 31.2 Å². The number of benzene rings is 2. The highest BCUT2D eigenvalue weighted by Crippen LogP contribution is 2.21. The van der Waals surface area contributed by atoms with Crippen LogP contribution in [0.3, 0.4) is 0 Å². The van der Waals surface area contributed by atoms with Crippen molar-refractivity contribution >= 4 is 50.8 Å². The summed E-state index contributed by atoms with van der Waals surface area (Å²) < 4.78 is 31.7. The predicted molar refractivity (Wildman–Crippen MR) is 113 cm³/mol. The summed E-state index contributed by atoms with van der Waals surface area (Å²) in [6.45, 7) is 0.205. The molecule has 1 fully saturated rings. The number of rotatable bonds is 5. The van der Waals surface area contributed by atoms with Crippen molar-refractivity contribution in [2.24, 2.45) is 0 Å². The Bertz CT molecular complexity index is 1050. The first kappa shape index (κ1) is 22.4. The Kier molecular flexibility index (Phi) is 6.87. The summed E-state index contributed by atoms with van der Waals surface area (Å²) in [4.78, 5) is 26.0. The van der Waals surface area contributed by atoms with E-state index in [0.717, 1.165) is 0 Å². The summed E-state index contributed by atoms with van der Waals surface area (Å²) in [6, 6.07) is 10.2. The third kappa shape index (κ3) is 5.04. The van der Waals surface area contributed by atoms with Gasteiger partial charge >= 0.3 is 5.97 Å². The molecule has 3 rings (SSSR count). The van der Waals surface area contributed by atoms with Gasteiger partial charge < -0.3 is 15.4 Å². The second-order valence-electron chi connectivity index (χ2n) is 6.55. The first-order chi connectivity index (χ1) is 14.2. The highest BCUT2D eigenvalue weighted by Gasteiger charge is 2.30. The monoisotopic (exact) mass is 471 g/mol. The number of piperazine rings is 1. The van der Waals surface area contributed by atoms with Gasteiger partial charge in [-0.05, 0) is 42.5 Å². The molecular weight excluding hydrogens is 453 g/mol. The van der Waals surface area contributed by atoms with Crippen LogP contribution in [0.4, 0.5) is 5.69 Å². The number of nitrogen functional groups attached to an aromatic ring is 1. The fourth-order valence-corrected chi connectivity index (χ4v) is 4.57. The van der Waals surface area contributed by atoms with Gasteiger partial charge in [-0.25, -0.2) is 13.2 Å². The molecule has 2 aromatic rings. The molecule has 1 saturated heterocycles. The topological polar surface area (TPSA) is 110 Å². The first-order valence-corrected chi connectivity index (χ1v) is 11.1. The molecule has 1 aliphatic rings. The lowest BCUT2D eigenvalue weighted by atomic mass is 10.2. The van der Waals surface area contributed by atoms with E-state index in [0.29, 0.717) is 10.0 Å². The van der Waals surface area contributed by atoms with Gasteiger partial charge in [0.25, 0.3) is 5.91 Å². The van der Waals surface area contributed by atoms with E-state index < -0.39 is 28.5 Å². The predicted octanol–water partition coefficient (Wildman–Crippen LogP) is 2.27. The zero-order valence-electron chi connectivity index (χ0n) is 15.8. The van der Waals surface area contributed by atoms with Crippen LogP contribution in [-0.4, -0.2) is 62.3 Å². The van der Waals surface area contributed by atoms with Crippen molar-refractivity contribution in [2.45, 2.75) is 4.90 Å². The van der Waals surface area contributed by atoms with Crippen molar-refractivity contribution in [3.8, 4) is 0 Å². The average molecular weight is 472 g/mol. The number of ether oxygens (including phenoxy) is 1. The third-order valence-electron chi connectivity index (χ3n) is 4.60. The number of amides is 1. The van der Waals surface area contributed by atoms with E-state index in [1.165, 1.54) is 51.7 Å². The number of halogens is 2. The minimum absolute atomic E-state index is 0.137. The van der Waals surface area contributed by atoms with Gasteiger partial charge in [-0.3, -0.25) is 4.79 Å². The molecule has 2 N–H and O–H groups in total. The van der Waals surface area contributed by atoms with Crippen molar-refractivity contribution in [3.05, 3.63) is 58.1 Å². The molecule has 11 heteroatoms. The zero-order chi connectivity index (χ0) is 21.9. The maximum Gasteiger partial charge on any atom is 0.338 e. The van der Waals surface area contributed by atoms with E-state index >= 15 is 0 Å². The van der Waals surface area contributed by atoms with E-state index in [2.05, 4.69) is 0 Å². The zero-order valence-corrected chi connectivity index (χ0v) is 18.1. The summed E-state index contributed by atoms with van der Waals surface area (Å²) in [5.41, 5.74) is 6.07. The van der Waals surface area contributed by atoms with Crippen LogP contribution in [0.2, 0.25) is 10.0 Å². The number of esters is 1. The van der Waals surface area contributed by atoms with Crippen molar-refractivity contribution in [1.82, 2.24) is 9.21 Å². The lowest BCUT2D eigenvalue weighted by Gasteiger charge is -2.33. The van der Waals surface area contributed by atoms with Gasteiger partial charge in [0.05, 0.1) is 21.2 Å². The average Bonchev–Trinajstić information content (AvgIpc) is 2.74. The van der Waals surface area contributed by atoms with Gasteiger partial charge in [-0.1, -0.05) is 23.2 Å². The van der Waals surface area contributed by atoms with E-state index in [-0.39, 0.29) is 42.3 Å². The molecule has 160 valence electrons. The summed E-state index contributed by atoms with van der Waals surface area (Å²) in [5.74, 6) is -1.11. The summed E-state index contributed by atoms with van der Waals surface area (Å²) in [7, 11) is -3.67. The quantitative estimate of drug-likeness (QED) is 0.528. The Morgan fingerprint density at radius 2 is 1.63 bits per heavy atom. The summed E-state index contributed by atoms with van der Waals surface area (Å²) in [6.07, 6.45) is 0. The van der Waals surface area contributed by atoms with Crippen LogP contribution in [0.25, 0.3) is 0 Å². The van der Waals surface area contributed by atoms with Crippen molar-refractivity contribution in [3.63, 3.8) is 0 Å². The molecule has 1 amide bonds. The number of hydrogen-bond donors (Lipinski definition) is 1. The molecule has 2 aromatic carbocycles. The molecule has 1 heterocycles. The van der Waals surface area contributed by atoms with Gasteiger partial charge in [0.15, 0.2) is 6.61 Å². The van der Waals surface area contributed by atoms with Crippen LogP contribution in [0, 0.1) is 0 Å². The summed E-state index contributed by atoms with van der Waals surface area (Å²) in [5, 5.41) is 0.759. The molecule has 0 spiro atoms. The maximum absolute atomic E-state index is 12.7. The Hall–Kier alpha value is -2.33. The molecule has 0 atom stereocenters. The Balaban J connectivity index is 1.53. The highest BCUT2D eigenvalue weighted by molar-refractivity contribution is 7.89. The number of nitrogens with two attached hydrogens (primary N) is 1. The number of sulfonamides is 1. The molecule has 0 radical (unpaired) electrons. The largest absolute Gasteiger partial charge is 0.452 e. The fourth-order valence-electron chi connectivity index (χ4n) is 2.91. The van der Waals surface area contributed by atoms with E-state index in [1.54, 1.807) is 0 Å². The molecule has 0 saturated carbocycles. The SMILES string of the molecule is Nc1cc(C(=O)OCC(=O)N2CCN(S(=O)(=O)c3ccc(Cl)cc3)CC2)ccc1Cl. The van der Waals surface area contributed by atoms with Crippen LogP contribution >= 0.6 is 23.2 Å². The normalized spacial score (nSPS) is 15.1. The van der Waals surface area contributed by atoms with Gasteiger partial charge in [0.1, 0.15) is 0 Å². The Morgan fingerprint density at radius 3 is 2.23 bits per heavy atom. The second-order valence-corrected chi connectivity index (χ2v) is 9.33. The van der Waals surface area contributed by atoms with Crippen LogP contribution in [0.5, 0.6) is 0 Å². The highest BCUT2D eigenvalue weighted by atomic mass is 35.5. The number of nitrogens with zero attached hydrogens (tertiary/aromatic N) is 2. The molecule has 8 nitrogen and oxygen atoms in total. The lowest BCUT2D eigenvalue weighted by molar-refractivity contribution is -0.135. The fraction of sp³-hybridized carbons (Fsp3) is 0.263. The number of anilines is 1. The molecule has 0 unspecified atom stereocenters. The molecule has 30 heavy (non-hydrogen) atoms. The minimum atomic E-state index is -3.67. The van der Waals surface area contributed by atoms with Crippen LogP contribution in [0.15, 0.2) is 47.4 Å². The number of carbonyl (C=O) groups excluding carboxylic acids is 2. The van der Waals surface area contributed by atoms with Crippen molar-refractivity contribution in [1.29, 1.82) is 0 Å². The van der Waals surface area contributed by atoms with E-state index in [9.17, 15) is 18.0 Å². The number of carbonyl (C=O) groups is 2. The van der Waals surface area contributed by atoms with Crippen molar-refractivity contribution in [2.75, 3.05) is 38.5 Å². The second kappa shape index (κ2) is 9.22. The smallest absolute Gasteiger partial charge is 0.338 e. The molecule has 0 aromatic heterocycles. The van der Waals surface area contributed by atoms with E-state index in [4.69, 9.17) is 33.7 Å². The van der Waals surface area contributed by atoms with Crippen LogP contribution in [0.1, 0.15) is 10.4 Å². The molecule has 1 aliphatic heterocycles. The van der Waals surface area contributed by atoms with Gasteiger partial charge in [-0.15, -0.1) is 0 Å². The standard InChI is InChI=1S/C19H19Cl2N3O5S/c20-14-2-4-15(5-3-14)30(27,28)24-9-7-23(8-10-24)18(25)12-29-19(26)13-1-6-16(21)17(22)11-13/h1-6,11H,7-10,12,22H2. The lowest BCUT2D eigenvalue weighted by Crippen LogP contribution is -2.51. The summed E-state index contributed by atoms with van der Waals surface area (Å²) >= 11 is 11.6. The minimum Gasteiger partial charge on any atom is -0.452 e. The van der Waals surface area contributed by atoms with Gasteiger partial charge in [0.2, 0.25) is 10.0 Å². The maximum atomic E-state index is 12.7. The van der Waals surface area contributed by atoms with Crippen molar-refractivity contribution < 1.29 is 22.7 Å². The van der Waals surface area contributed by atoms with Crippen LogP contribution in [-0.2, 0) is 19.6 Å². The Labute approximate surface area is 184 Å². The van der Waals surface area contributed by atoms with Gasteiger partial charge in [-0.2, -0.15) is 4.31 Å². The van der Waals surface area contributed by atoms with E-state index in [1.807, 2.05) is 0 Å². The van der Waals surface area contributed by atoms with Crippen LogP contribution < -0.4 is 5.73 Å². The molecule has 0 bridgehead atoms. The number of hydrogen-bond acceptors (Lipinski definition) is 6. The first-order valence-electron chi connectivity index (χ1n) is 8.94.